The lowest BCUT2D eigenvalue weighted by atomic mass is 10.2. The SMILES string of the molecule is CN(CC(=O)c1cnccn1)[C@H]1CCNC1. The molecule has 0 amide bonds. The summed E-state index contributed by atoms with van der Waals surface area (Å²) in [7, 11) is 1.98. The summed E-state index contributed by atoms with van der Waals surface area (Å²) in [5.74, 6) is 0.0301. The molecular formula is C11H16N4O. The molecule has 0 aliphatic carbocycles. The fourth-order valence-corrected chi connectivity index (χ4v) is 1.90. The Bertz CT molecular complexity index is 348. The lowest BCUT2D eigenvalue weighted by Gasteiger charge is -2.22. The third-order valence-corrected chi connectivity index (χ3v) is 2.90. The van der Waals surface area contributed by atoms with Crippen molar-refractivity contribution in [2.45, 2.75) is 12.5 Å². The molecule has 1 saturated heterocycles. The van der Waals surface area contributed by atoms with Crippen molar-refractivity contribution < 1.29 is 4.79 Å². The highest BCUT2D eigenvalue weighted by molar-refractivity contribution is 5.95. The fraction of sp³-hybridized carbons (Fsp3) is 0.545. The number of ketones is 1. The predicted molar refractivity (Wildman–Crippen MR) is 60.3 cm³/mol. The van der Waals surface area contributed by atoms with Gasteiger partial charge >= 0.3 is 0 Å². The van der Waals surface area contributed by atoms with Crippen molar-refractivity contribution in [3.63, 3.8) is 0 Å². The molecule has 1 aromatic rings. The van der Waals surface area contributed by atoms with Crippen LogP contribution in [0.25, 0.3) is 0 Å². The molecule has 1 aliphatic rings. The fourth-order valence-electron chi connectivity index (χ4n) is 1.90. The van der Waals surface area contributed by atoms with E-state index in [2.05, 4.69) is 20.2 Å². The maximum Gasteiger partial charge on any atom is 0.196 e. The van der Waals surface area contributed by atoms with Crippen molar-refractivity contribution in [1.29, 1.82) is 0 Å². The number of nitrogens with one attached hydrogen (secondary N) is 1. The molecule has 1 N–H and O–H groups in total. The molecule has 5 nitrogen and oxygen atoms in total. The third-order valence-electron chi connectivity index (χ3n) is 2.90. The van der Waals surface area contributed by atoms with Crippen molar-refractivity contribution >= 4 is 5.78 Å². The third kappa shape index (κ3) is 2.62. The number of hydrogen-bond donors (Lipinski definition) is 1. The Labute approximate surface area is 94.9 Å². The van der Waals surface area contributed by atoms with Gasteiger partial charge in [-0.1, -0.05) is 0 Å². The van der Waals surface area contributed by atoms with Crippen LogP contribution >= 0.6 is 0 Å². The number of likely N-dealkylation sites (N-methyl/N-ethyl adjacent to an activating group) is 1. The monoisotopic (exact) mass is 220 g/mol. The maximum absolute atomic E-state index is 11.8. The number of rotatable bonds is 4. The van der Waals surface area contributed by atoms with Gasteiger partial charge in [-0.25, -0.2) is 4.98 Å². The van der Waals surface area contributed by atoms with Gasteiger partial charge in [-0.2, -0.15) is 0 Å². The number of carbonyl (C=O) groups excluding carboxylic acids is 1. The maximum atomic E-state index is 11.8. The van der Waals surface area contributed by atoms with E-state index in [-0.39, 0.29) is 5.78 Å². The molecule has 86 valence electrons. The second kappa shape index (κ2) is 5.14. The van der Waals surface area contributed by atoms with Crippen LogP contribution in [0.4, 0.5) is 0 Å². The Morgan fingerprint density at radius 3 is 3.12 bits per heavy atom. The highest BCUT2D eigenvalue weighted by Crippen LogP contribution is 2.06. The Balaban J connectivity index is 1.92. The minimum absolute atomic E-state index is 0.0301. The minimum Gasteiger partial charge on any atom is -0.315 e. The van der Waals surface area contributed by atoms with Crippen LogP contribution in [0.1, 0.15) is 16.9 Å². The van der Waals surface area contributed by atoms with Crippen LogP contribution in [0, 0.1) is 0 Å². The van der Waals surface area contributed by atoms with Crippen LogP contribution in [-0.2, 0) is 0 Å². The molecule has 0 saturated carbocycles. The summed E-state index contributed by atoms with van der Waals surface area (Å²) >= 11 is 0. The number of Topliss-reactive ketones (excluding diaryl/α,β-unsaturated/α-hetero) is 1. The molecule has 0 aromatic carbocycles. The largest absolute Gasteiger partial charge is 0.315 e. The first kappa shape index (κ1) is 11.2. The standard InChI is InChI=1S/C11H16N4O/c1-15(9-2-3-12-6-9)8-11(16)10-7-13-4-5-14-10/h4-5,7,9,12H,2-3,6,8H2,1H3/t9-/m0/s1. The zero-order valence-electron chi connectivity index (χ0n) is 9.39. The zero-order chi connectivity index (χ0) is 11.4. The number of nitrogens with zero attached hydrogens (tertiary/aromatic N) is 3. The second-order valence-electron chi connectivity index (χ2n) is 4.08. The van der Waals surface area contributed by atoms with Gasteiger partial charge in [0, 0.05) is 25.0 Å². The van der Waals surface area contributed by atoms with E-state index in [0.717, 1.165) is 19.5 Å². The van der Waals surface area contributed by atoms with Crippen LogP contribution in [0.5, 0.6) is 0 Å². The molecule has 0 radical (unpaired) electrons. The summed E-state index contributed by atoms with van der Waals surface area (Å²) in [5.41, 5.74) is 0.445. The average molecular weight is 220 g/mol. The van der Waals surface area contributed by atoms with Crippen molar-refractivity contribution in [2.75, 3.05) is 26.7 Å². The molecule has 2 heterocycles. The minimum atomic E-state index is 0.0301. The van der Waals surface area contributed by atoms with Gasteiger partial charge in [0.05, 0.1) is 12.7 Å². The van der Waals surface area contributed by atoms with Gasteiger partial charge in [0.1, 0.15) is 5.69 Å². The molecule has 1 aliphatic heterocycles. The van der Waals surface area contributed by atoms with E-state index < -0.39 is 0 Å². The lowest BCUT2D eigenvalue weighted by molar-refractivity contribution is 0.0919. The molecular weight excluding hydrogens is 204 g/mol. The Morgan fingerprint density at radius 1 is 1.62 bits per heavy atom. The van der Waals surface area contributed by atoms with E-state index in [4.69, 9.17) is 0 Å². The second-order valence-corrected chi connectivity index (χ2v) is 4.08. The van der Waals surface area contributed by atoms with Crippen LogP contribution in [0.3, 0.4) is 0 Å². The summed E-state index contributed by atoms with van der Waals surface area (Å²) in [6, 6.07) is 0.459. The smallest absolute Gasteiger partial charge is 0.196 e. The van der Waals surface area contributed by atoms with E-state index in [1.807, 2.05) is 7.05 Å². The average Bonchev–Trinajstić information content (AvgIpc) is 2.83. The van der Waals surface area contributed by atoms with Crippen LogP contribution in [-0.4, -0.2) is 53.4 Å². The Kier molecular flexibility index (Phi) is 3.58. The summed E-state index contributed by atoms with van der Waals surface area (Å²) in [5, 5.41) is 3.29. The van der Waals surface area contributed by atoms with Crippen LogP contribution < -0.4 is 5.32 Å². The predicted octanol–water partition coefficient (Wildman–Crippen LogP) is -0.0470. The molecule has 0 bridgehead atoms. The van der Waals surface area contributed by atoms with E-state index in [0.29, 0.717) is 18.3 Å². The van der Waals surface area contributed by atoms with Crippen LogP contribution in [0.2, 0.25) is 0 Å². The Morgan fingerprint density at radius 2 is 2.50 bits per heavy atom. The molecule has 1 atom stereocenters. The first-order chi connectivity index (χ1) is 7.77. The van der Waals surface area contributed by atoms with Gasteiger partial charge in [-0.3, -0.25) is 14.7 Å². The van der Waals surface area contributed by atoms with Crippen molar-refractivity contribution in [1.82, 2.24) is 20.2 Å². The summed E-state index contributed by atoms with van der Waals surface area (Å²) in [4.78, 5) is 21.8. The zero-order valence-corrected chi connectivity index (χ0v) is 9.39. The van der Waals surface area contributed by atoms with E-state index in [1.165, 1.54) is 6.20 Å². The van der Waals surface area contributed by atoms with Gasteiger partial charge in [-0.05, 0) is 20.0 Å². The normalized spacial score (nSPS) is 20.2. The van der Waals surface area contributed by atoms with Gasteiger partial charge in [0.2, 0.25) is 0 Å². The van der Waals surface area contributed by atoms with Crippen molar-refractivity contribution in [3.8, 4) is 0 Å². The molecule has 5 heteroatoms. The topological polar surface area (TPSA) is 58.1 Å². The summed E-state index contributed by atoms with van der Waals surface area (Å²) in [6.07, 6.45) is 5.74. The number of hydrogen-bond acceptors (Lipinski definition) is 5. The highest BCUT2D eigenvalue weighted by atomic mass is 16.1. The van der Waals surface area contributed by atoms with Crippen molar-refractivity contribution in [3.05, 3.63) is 24.3 Å². The first-order valence-corrected chi connectivity index (χ1v) is 5.47. The highest BCUT2D eigenvalue weighted by Gasteiger charge is 2.21. The molecule has 2 rings (SSSR count). The van der Waals surface area contributed by atoms with Gasteiger partial charge in [0.15, 0.2) is 5.78 Å². The molecule has 16 heavy (non-hydrogen) atoms. The quantitative estimate of drug-likeness (QED) is 0.721. The van der Waals surface area contributed by atoms with Gasteiger partial charge < -0.3 is 5.32 Å². The van der Waals surface area contributed by atoms with Gasteiger partial charge in [-0.15, -0.1) is 0 Å². The molecule has 0 spiro atoms. The number of carbonyl (C=O) groups is 1. The first-order valence-electron chi connectivity index (χ1n) is 5.47. The lowest BCUT2D eigenvalue weighted by Crippen LogP contribution is -2.37. The molecule has 1 aromatic heterocycles. The molecule has 0 unspecified atom stereocenters. The van der Waals surface area contributed by atoms with E-state index in [9.17, 15) is 4.79 Å². The van der Waals surface area contributed by atoms with Gasteiger partial charge in [0.25, 0.3) is 0 Å². The van der Waals surface area contributed by atoms with E-state index in [1.54, 1.807) is 12.4 Å². The summed E-state index contributed by atoms with van der Waals surface area (Å²) in [6.45, 7) is 2.41. The molecule has 1 fully saturated rings. The number of aromatic nitrogens is 2. The van der Waals surface area contributed by atoms with E-state index >= 15 is 0 Å². The van der Waals surface area contributed by atoms with Crippen molar-refractivity contribution in [2.24, 2.45) is 0 Å². The summed E-state index contributed by atoms with van der Waals surface area (Å²) < 4.78 is 0. The van der Waals surface area contributed by atoms with Crippen LogP contribution in [0.15, 0.2) is 18.6 Å². The Hall–Kier alpha value is -1.33.